The Hall–Kier alpha value is -4.35. The minimum absolute atomic E-state index is 0.117. The fraction of sp³-hybridized carbons (Fsp3) is 0.379. The van der Waals surface area contributed by atoms with Crippen molar-refractivity contribution in [3.8, 4) is 11.4 Å². The van der Waals surface area contributed by atoms with Gasteiger partial charge in [-0.1, -0.05) is 0 Å². The lowest BCUT2D eigenvalue weighted by atomic mass is 10.1. The normalized spacial score (nSPS) is 15.5. The predicted molar refractivity (Wildman–Crippen MR) is 144 cm³/mol. The molecule has 1 aromatic heterocycles. The van der Waals surface area contributed by atoms with Crippen LogP contribution in [0, 0.1) is 6.92 Å². The maximum atomic E-state index is 13.0. The van der Waals surface area contributed by atoms with Gasteiger partial charge in [-0.2, -0.15) is 18.3 Å². The SMILES string of the molecule is Cc1cc(-n2ccc(NC(=O)[C@H]3CCCN3C(=O)COc3ccc(C(F)(F)F)cc3)n2)ccc1C(=O)OC(C)(C)C. The number of hydrogen-bond acceptors (Lipinski definition) is 6. The van der Waals surface area contributed by atoms with E-state index in [1.165, 1.54) is 4.90 Å². The number of carbonyl (C=O) groups excluding carboxylic acids is 3. The third kappa shape index (κ3) is 7.44. The molecule has 3 aromatic rings. The first kappa shape index (κ1) is 29.6. The van der Waals surface area contributed by atoms with E-state index in [1.54, 1.807) is 62.8 Å². The molecule has 1 atom stereocenters. The molecule has 12 heteroatoms. The third-order valence-corrected chi connectivity index (χ3v) is 6.35. The first-order chi connectivity index (χ1) is 19.2. The molecule has 1 fully saturated rings. The summed E-state index contributed by atoms with van der Waals surface area (Å²) in [5, 5.41) is 7.13. The standard InChI is InChI=1S/C29H31F3N4O5/c1-18-16-20(9-12-22(18)27(39)41-28(2,3)4)36-15-13-24(34-36)33-26(38)23-6-5-14-35(23)25(37)17-40-21-10-7-19(8-11-21)29(30,31)32/h7-13,15-16,23H,5-6,14,17H2,1-4H3,(H,33,34,38)/t23-/m1/s1. The van der Waals surface area contributed by atoms with Crippen molar-refractivity contribution in [3.05, 3.63) is 71.4 Å². The summed E-state index contributed by atoms with van der Waals surface area (Å²) in [5.74, 6) is -0.883. The van der Waals surface area contributed by atoms with E-state index in [-0.39, 0.29) is 11.6 Å². The first-order valence-corrected chi connectivity index (χ1v) is 13.0. The summed E-state index contributed by atoms with van der Waals surface area (Å²) >= 11 is 0. The fourth-order valence-electron chi connectivity index (χ4n) is 4.40. The molecule has 0 radical (unpaired) electrons. The number of hydrogen-bond donors (Lipinski definition) is 1. The van der Waals surface area contributed by atoms with Gasteiger partial charge in [0.15, 0.2) is 12.4 Å². The zero-order valence-electron chi connectivity index (χ0n) is 23.1. The number of amides is 2. The number of aromatic nitrogens is 2. The molecule has 1 aliphatic heterocycles. The molecule has 2 heterocycles. The molecule has 9 nitrogen and oxygen atoms in total. The average Bonchev–Trinajstić information content (AvgIpc) is 3.56. The van der Waals surface area contributed by atoms with Crippen LogP contribution < -0.4 is 10.1 Å². The molecule has 1 aliphatic rings. The van der Waals surface area contributed by atoms with Crippen molar-refractivity contribution in [2.75, 3.05) is 18.5 Å². The number of benzene rings is 2. The molecule has 0 aliphatic carbocycles. The van der Waals surface area contributed by atoms with E-state index >= 15 is 0 Å². The topological polar surface area (TPSA) is 103 Å². The number of esters is 1. The van der Waals surface area contributed by atoms with Crippen molar-refractivity contribution in [2.24, 2.45) is 0 Å². The summed E-state index contributed by atoms with van der Waals surface area (Å²) in [7, 11) is 0. The highest BCUT2D eigenvalue weighted by atomic mass is 19.4. The van der Waals surface area contributed by atoms with Crippen LogP contribution in [0.15, 0.2) is 54.7 Å². The molecule has 4 rings (SSSR count). The average molecular weight is 573 g/mol. The third-order valence-electron chi connectivity index (χ3n) is 6.35. The number of carbonyl (C=O) groups is 3. The van der Waals surface area contributed by atoms with Crippen LogP contribution in [0.1, 0.15) is 55.1 Å². The second-order valence-corrected chi connectivity index (χ2v) is 10.7. The van der Waals surface area contributed by atoms with Crippen LogP contribution in [0.25, 0.3) is 5.69 Å². The fourth-order valence-corrected chi connectivity index (χ4v) is 4.40. The molecule has 0 saturated carbocycles. The number of alkyl halides is 3. The van der Waals surface area contributed by atoms with Crippen molar-refractivity contribution < 1.29 is 37.0 Å². The first-order valence-electron chi connectivity index (χ1n) is 13.0. The van der Waals surface area contributed by atoms with Crippen LogP contribution in [-0.4, -0.2) is 57.3 Å². The van der Waals surface area contributed by atoms with E-state index in [0.717, 1.165) is 24.3 Å². The predicted octanol–water partition coefficient (Wildman–Crippen LogP) is 5.16. The van der Waals surface area contributed by atoms with Gasteiger partial charge in [-0.25, -0.2) is 9.48 Å². The van der Waals surface area contributed by atoms with Crippen LogP contribution in [0.3, 0.4) is 0 Å². The van der Waals surface area contributed by atoms with Gasteiger partial charge in [0.25, 0.3) is 5.91 Å². The number of anilines is 1. The quantitative estimate of drug-likeness (QED) is 0.393. The summed E-state index contributed by atoms with van der Waals surface area (Å²) in [6.45, 7) is 7.12. The summed E-state index contributed by atoms with van der Waals surface area (Å²) in [6, 6.07) is 10.1. The molecule has 2 aromatic carbocycles. The van der Waals surface area contributed by atoms with E-state index < -0.39 is 47.8 Å². The Morgan fingerprint density at radius 2 is 1.76 bits per heavy atom. The van der Waals surface area contributed by atoms with Crippen molar-refractivity contribution >= 4 is 23.6 Å². The summed E-state index contributed by atoms with van der Waals surface area (Å²) in [6.07, 6.45) is -1.75. The molecule has 218 valence electrons. The zero-order valence-corrected chi connectivity index (χ0v) is 23.1. The maximum absolute atomic E-state index is 13.0. The van der Waals surface area contributed by atoms with Gasteiger partial charge in [-0.3, -0.25) is 9.59 Å². The highest BCUT2D eigenvalue weighted by Crippen LogP contribution is 2.30. The smallest absolute Gasteiger partial charge is 0.416 e. The highest BCUT2D eigenvalue weighted by molar-refractivity contribution is 5.97. The monoisotopic (exact) mass is 572 g/mol. The van der Waals surface area contributed by atoms with Crippen molar-refractivity contribution in [2.45, 2.75) is 58.4 Å². The van der Waals surface area contributed by atoms with Crippen LogP contribution in [0.2, 0.25) is 0 Å². The minimum Gasteiger partial charge on any atom is -0.484 e. The molecule has 1 N–H and O–H groups in total. The van der Waals surface area contributed by atoms with Gasteiger partial charge < -0.3 is 19.7 Å². The zero-order chi connectivity index (χ0) is 29.9. The number of halogens is 3. The molecule has 2 amide bonds. The second kappa shape index (κ2) is 11.6. The van der Waals surface area contributed by atoms with Crippen molar-refractivity contribution in [1.82, 2.24) is 14.7 Å². The molecular weight excluding hydrogens is 541 g/mol. The van der Waals surface area contributed by atoms with Gasteiger partial charge in [0.05, 0.1) is 16.8 Å². The second-order valence-electron chi connectivity index (χ2n) is 10.7. The lowest BCUT2D eigenvalue weighted by molar-refractivity contribution is -0.138. The summed E-state index contributed by atoms with van der Waals surface area (Å²) < 4.78 is 50.6. The molecule has 0 spiro atoms. The molecule has 41 heavy (non-hydrogen) atoms. The molecular formula is C29H31F3N4O5. The van der Waals surface area contributed by atoms with E-state index in [0.29, 0.717) is 36.2 Å². The lowest BCUT2D eigenvalue weighted by Crippen LogP contribution is -2.45. The highest BCUT2D eigenvalue weighted by Gasteiger charge is 2.35. The Bertz CT molecular complexity index is 1430. The van der Waals surface area contributed by atoms with Gasteiger partial charge in [-0.05, 0) is 88.6 Å². The number of rotatable bonds is 7. The van der Waals surface area contributed by atoms with Crippen LogP contribution in [0.4, 0.5) is 19.0 Å². The van der Waals surface area contributed by atoms with Gasteiger partial charge in [0.1, 0.15) is 17.4 Å². The molecule has 0 unspecified atom stereocenters. The maximum Gasteiger partial charge on any atom is 0.416 e. The number of likely N-dealkylation sites (tertiary alicyclic amines) is 1. The van der Waals surface area contributed by atoms with Gasteiger partial charge in [-0.15, -0.1) is 0 Å². The van der Waals surface area contributed by atoms with E-state index in [2.05, 4.69) is 10.4 Å². The van der Waals surface area contributed by atoms with E-state index in [1.807, 2.05) is 0 Å². The van der Waals surface area contributed by atoms with Crippen LogP contribution in [-0.2, 0) is 20.5 Å². The van der Waals surface area contributed by atoms with Crippen molar-refractivity contribution in [1.29, 1.82) is 0 Å². The van der Waals surface area contributed by atoms with E-state index in [9.17, 15) is 27.6 Å². The Labute approximate surface area is 235 Å². The number of nitrogens with zero attached hydrogens (tertiary/aromatic N) is 3. The number of aryl methyl sites for hydroxylation is 1. The molecule has 0 bridgehead atoms. The Morgan fingerprint density at radius 1 is 1.05 bits per heavy atom. The van der Waals surface area contributed by atoms with Gasteiger partial charge in [0.2, 0.25) is 5.91 Å². The molecule has 1 saturated heterocycles. The summed E-state index contributed by atoms with van der Waals surface area (Å²) in [4.78, 5) is 39.6. The Morgan fingerprint density at radius 3 is 2.39 bits per heavy atom. The Balaban J connectivity index is 1.35. The minimum atomic E-state index is -4.47. The summed E-state index contributed by atoms with van der Waals surface area (Å²) in [5.41, 5.74) is 0.390. The van der Waals surface area contributed by atoms with E-state index in [4.69, 9.17) is 9.47 Å². The van der Waals surface area contributed by atoms with Gasteiger partial charge >= 0.3 is 12.1 Å². The Kier molecular flexibility index (Phi) is 8.41. The van der Waals surface area contributed by atoms with Crippen molar-refractivity contribution in [3.63, 3.8) is 0 Å². The van der Waals surface area contributed by atoms with Crippen LogP contribution >= 0.6 is 0 Å². The lowest BCUT2D eigenvalue weighted by Gasteiger charge is -2.23. The van der Waals surface area contributed by atoms with Crippen LogP contribution in [0.5, 0.6) is 5.75 Å². The largest absolute Gasteiger partial charge is 0.484 e. The number of nitrogens with one attached hydrogen (secondary N) is 1. The van der Waals surface area contributed by atoms with Gasteiger partial charge in [0, 0.05) is 18.8 Å². The number of ether oxygens (including phenoxy) is 2.